The number of ketones is 1. The average molecular weight is 396 g/mol. The van der Waals surface area contributed by atoms with E-state index in [9.17, 15) is 9.59 Å². The zero-order chi connectivity index (χ0) is 20.4. The lowest BCUT2D eigenvalue weighted by Gasteiger charge is -2.09. The van der Waals surface area contributed by atoms with Crippen molar-refractivity contribution in [3.8, 4) is 23.0 Å². The van der Waals surface area contributed by atoms with Gasteiger partial charge in [0.05, 0.1) is 19.8 Å². The van der Waals surface area contributed by atoms with Crippen LogP contribution in [0.4, 0.5) is 0 Å². The van der Waals surface area contributed by atoms with E-state index >= 15 is 0 Å². The number of ether oxygens (including phenoxy) is 5. The maximum Gasteiger partial charge on any atom is 0.340 e. The van der Waals surface area contributed by atoms with Crippen LogP contribution in [0.25, 0.3) is 6.08 Å². The molecule has 29 heavy (non-hydrogen) atoms. The number of allylic oxidation sites excluding steroid dienone is 1. The first-order valence-electron chi connectivity index (χ1n) is 9.22. The Morgan fingerprint density at radius 1 is 1.10 bits per heavy atom. The van der Waals surface area contributed by atoms with Crippen molar-refractivity contribution < 1.29 is 33.3 Å². The van der Waals surface area contributed by atoms with Gasteiger partial charge in [-0.05, 0) is 43.2 Å². The maximum absolute atomic E-state index is 12.7. The first-order chi connectivity index (χ1) is 14.1. The SMILES string of the molecule is COc1ccc(/C=C2\Oc3cc(OC(=O)C4CCCO4)ccc3C2=O)c(OC)c1. The van der Waals surface area contributed by atoms with Crippen molar-refractivity contribution in [3.63, 3.8) is 0 Å². The number of fused-ring (bicyclic) bond motifs is 1. The number of esters is 1. The molecule has 0 aromatic heterocycles. The summed E-state index contributed by atoms with van der Waals surface area (Å²) in [6.45, 7) is 0.560. The summed E-state index contributed by atoms with van der Waals surface area (Å²) in [5.74, 6) is 1.30. The van der Waals surface area contributed by atoms with Gasteiger partial charge in [-0.1, -0.05) is 0 Å². The summed E-state index contributed by atoms with van der Waals surface area (Å²) in [6.07, 6.45) is 2.56. The molecule has 2 aromatic carbocycles. The van der Waals surface area contributed by atoms with Gasteiger partial charge in [0.25, 0.3) is 0 Å². The van der Waals surface area contributed by atoms with E-state index in [4.69, 9.17) is 23.7 Å². The molecule has 4 rings (SSSR count). The Kier molecular flexibility index (Phi) is 5.22. The number of methoxy groups -OCH3 is 2. The molecule has 2 aromatic rings. The fraction of sp³-hybridized carbons (Fsp3) is 0.273. The molecule has 0 bridgehead atoms. The van der Waals surface area contributed by atoms with Crippen LogP contribution in [0.2, 0.25) is 0 Å². The first kappa shape index (κ1) is 19.0. The third-order valence-corrected chi connectivity index (χ3v) is 4.78. The van der Waals surface area contributed by atoms with Gasteiger partial charge in [-0.15, -0.1) is 0 Å². The Hall–Kier alpha value is -3.32. The molecule has 7 nitrogen and oxygen atoms in total. The number of rotatable bonds is 5. The normalized spacial score (nSPS) is 19.0. The number of hydrogen-bond donors (Lipinski definition) is 0. The zero-order valence-corrected chi connectivity index (χ0v) is 16.1. The van der Waals surface area contributed by atoms with Crippen LogP contribution in [0.15, 0.2) is 42.2 Å². The van der Waals surface area contributed by atoms with Gasteiger partial charge in [-0.25, -0.2) is 4.79 Å². The monoisotopic (exact) mass is 396 g/mol. The summed E-state index contributed by atoms with van der Waals surface area (Å²) in [5, 5.41) is 0. The average Bonchev–Trinajstić information content (AvgIpc) is 3.37. The fourth-order valence-corrected chi connectivity index (χ4v) is 3.26. The van der Waals surface area contributed by atoms with Gasteiger partial charge in [0.2, 0.25) is 5.78 Å². The van der Waals surface area contributed by atoms with Gasteiger partial charge in [-0.3, -0.25) is 4.79 Å². The molecule has 150 valence electrons. The van der Waals surface area contributed by atoms with Crippen molar-refractivity contribution in [3.05, 3.63) is 53.3 Å². The van der Waals surface area contributed by atoms with Crippen LogP contribution in [0, 0.1) is 0 Å². The molecule has 2 aliphatic heterocycles. The Balaban J connectivity index is 1.55. The topological polar surface area (TPSA) is 80.3 Å². The standard InChI is InChI=1S/C22H20O7/c1-25-14-6-5-13(18(11-14)26-2)10-20-21(23)16-8-7-15(12-19(16)29-20)28-22(24)17-4-3-9-27-17/h5-8,10-12,17H,3-4,9H2,1-2H3/b20-10-. The van der Waals surface area contributed by atoms with E-state index in [-0.39, 0.29) is 11.5 Å². The molecule has 0 spiro atoms. The smallest absolute Gasteiger partial charge is 0.340 e. The number of carbonyl (C=O) groups is 2. The summed E-state index contributed by atoms with van der Waals surface area (Å²) in [4.78, 5) is 24.8. The minimum absolute atomic E-state index is 0.158. The number of Topliss-reactive ketones (excluding diaryl/α,β-unsaturated/α-hetero) is 1. The number of benzene rings is 2. The lowest BCUT2D eigenvalue weighted by Crippen LogP contribution is -2.24. The van der Waals surface area contributed by atoms with Crippen LogP contribution >= 0.6 is 0 Å². The molecule has 0 saturated carbocycles. The highest BCUT2D eigenvalue weighted by Crippen LogP contribution is 2.36. The van der Waals surface area contributed by atoms with Gasteiger partial charge < -0.3 is 23.7 Å². The van der Waals surface area contributed by atoms with Gasteiger partial charge in [0, 0.05) is 24.3 Å². The fourth-order valence-electron chi connectivity index (χ4n) is 3.26. The van der Waals surface area contributed by atoms with Gasteiger partial charge in [0.15, 0.2) is 11.9 Å². The summed E-state index contributed by atoms with van der Waals surface area (Å²) in [5.41, 5.74) is 1.08. The van der Waals surface area contributed by atoms with Gasteiger partial charge in [0.1, 0.15) is 23.0 Å². The third-order valence-electron chi connectivity index (χ3n) is 4.78. The van der Waals surface area contributed by atoms with Crippen molar-refractivity contribution >= 4 is 17.8 Å². The largest absolute Gasteiger partial charge is 0.497 e. The predicted molar refractivity (Wildman–Crippen MR) is 104 cm³/mol. The molecule has 0 N–H and O–H groups in total. The molecule has 0 amide bonds. The molecular formula is C22H20O7. The van der Waals surface area contributed by atoms with Crippen molar-refractivity contribution in [1.82, 2.24) is 0 Å². The van der Waals surface area contributed by atoms with Crippen LogP contribution in [0.5, 0.6) is 23.0 Å². The second-order valence-corrected chi connectivity index (χ2v) is 6.63. The van der Waals surface area contributed by atoms with Crippen LogP contribution in [-0.2, 0) is 9.53 Å². The van der Waals surface area contributed by atoms with Crippen LogP contribution in [-0.4, -0.2) is 38.7 Å². The molecule has 0 radical (unpaired) electrons. The van der Waals surface area contributed by atoms with Crippen LogP contribution in [0.3, 0.4) is 0 Å². The Labute approximate surface area is 167 Å². The Morgan fingerprint density at radius 2 is 1.93 bits per heavy atom. The minimum Gasteiger partial charge on any atom is -0.497 e. The highest BCUT2D eigenvalue weighted by atomic mass is 16.6. The lowest BCUT2D eigenvalue weighted by atomic mass is 10.1. The third kappa shape index (κ3) is 3.82. The van der Waals surface area contributed by atoms with Crippen molar-refractivity contribution in [2.75, 3.05) is 20.8 Å². The minimum atomic E-state index is -0.538. The lowest BCUT2D eigenvalue weighted by molar-refractivity contribution is -0.144. The molecule has 1 atom stereocenters. The summed E-state index contributed by atoms with van der Waals surface area (Å²) in [6, 6.07) is 9.96. The maximum atomic E-state index is 12.7. The van der Waals surface area contributed by atoms with E-state index in [0.29, 0.717) is 47.2 Å². The van der Waals surface area contributed by atoms with Gasteiger partial charge >= 0.3 is 5.97 Å². The zero-order valence-electron chi connectivity index (χ0n) is 16.1. The van der Waals surface area contributed by atoms with E-state index < -0.39 is 12.1 Å². The van der Waals surface area contributed by atoms with Crippen molar-refractivity contribution in [2.45, 2.75) is 18.9 Å². The van der Waals surface area contributed by atoms with E-state index in [2.05, 4.69) is 0 Å². The number of carbonyl (C=O) groups excluding carboxylic acids is 2. The van der Waals surface area contributed by atoms with Crippen molar-refractivity contribution in [1.29, 1.82) is 0 Å². The van der Waals surface area contributed by atoms with E-state index in [1.807, 2.05) is 0 Å². The second-order valence-electron chi connectivity index (χ2n) is 6.63. The highest BCUT2D eigenvalue weighted by Gasteiger charge is 2.30. The molecule has 0 aliphatic carbocycles. The van der Waals surface area contributed by atoms with Crippen LogP contribution in [0.1, 0.15) is 28.8 Å². The van der Waals surface area contributed by atoms with Gasteiger partial charge in [-0.2, -0.15) is 0 Å². The van der Waals surface area contributed by atoms with E-state index in [1.54, 1.807) is 43.5 Å². The molecule has 1 fully saturated rings. The molecular weight excluding hydrogens is 376 g/mol. The molecule has 2 heterocycles. The Bertz CT molecular complexity index is 987. The summed E-state index contributed by atoms with van der Waals surface area (Å²) < 4.78 is 27.0. The van der Waals surface area contributed by atoms with E-state index in [0.717, 1.165) is 6.42 Å². The predicted octanol–water partition coefficient (Wildman–Crippen LogP) is 3.40. The molecule has 1 unspecified atom stereocenters. The number of hydrogen-bond acceptors (Lipinski definition) is 7. The van der Waals surface area contributed by atoms with Crippen LogP contribution < -0.4 is 18.9 Å². The summed E-state index contributed by atoms with van der Waals surface area (Å²) in [7, 11) is 3.11. The molecule has 2 aliphatic rings. The molecule has 1 saturated heterocycles. The Morgan fingerprint density at radius 3 is 2.66 bits per heavy atom. The van der Waals surface area contributed by atoms with E-state index in [1.165, 1.54) is 13.2 Å². The second kappa shape index (κ2) is 7.97. The quantitative estimate of drug-likeness (QED) is 0.435. The summed E-state index contributed by atoms with van der Waals surface area (Å²) >= 11 is 0. The molecule has 7 heteroatoms. The van der Waals surface area contributed by atoms with Crippen molar-refractivity contribution in [2.24, 2.45) is 0 Å². The first-order valence-corrected chi connectivity index (χ1v) is 9.22. The highest BCUT2D eigenvalue weighted by molar-refractivity contribution is 6.14.